The molecule has 4 nitrogen and oxygen atoms in total. The maximum absolute atomic E-state index is 4.31. The molecule has 3 rings (SSSR count). The van der Waals surface area contributed by atoms with Crippen LogP contribution in [0.25, 0.3) is 22.1 Å². The molecule has 0 aliphatic carbocycles. The first-order chi connectivity index (χ1) is 6.83. The monoisotopic (exact) mass is 184 g/mol. The van der Waals surface area contributed by atoms with E-state index in [-0.39, 0.29) is 0 Å². The van der Waals surface area contributed by atoms with Gasteiger partial charge in [-0.3, -0.25) is 4.98 Å². The highest BCUT2D eigenvalue weighted by Gasteiger charge is 2.01. The topological polar surface area (TPSA) is 54.5 Å². The van der Waals surface area contributed by atoms with Crippen LogP contribution in [-0.2, 0) is 0 Å². The van der Waals surface area contributed by atoms with Crippen molar-refractivity contribution < 1.29 is 0 Å². The van der Waals surface area contributed by atoms with Crippen molar-refractivity contribution in [1.29, 1.82) is 0 Å². The van der Waals surface area contributed by atoms with Crippen molar-refractivity contribution in [3.05, 3.63) is 30.4 Å². The molecule has 0 saturated carbocycles. The number of H-pyrrole nitrogens is 1. The Balaban J connectivity index is 2.50. The molecular formula is C10H8N4. The zero-order valence-corrected chi connectivity index (χ0v) is 7.65. The van der Waals surface area contributed by atoms with Gasteiger partial charge >= 0.3 is 0 Å². The zero-order valence-electron chi connectivity index (χ0n) is 7.65. The second-order valence-corrected chi connectivity index (χ2v) is 3.30. The first-order valence-electron chi connectivity index (χ1n) is 4.39. The molecule has 0 spiro atoms. The average Bonchev–Trinajstić information content (AvgIpc) is 2.61. The standard InChI is InChI=1S/C10H8N4/c1-6-4-11-9-2-7-8(13-5-12-7)3-10(9)14-6/h2-5,14H,1H3. The molecule has 0 amide bonds. The lowest BCUT2D eigenvalue weighted by Crippen LogP contribution is -1.86. The summed E-state index contributed by atoms with van der Waals surface area (Å²) in [5.41, 5.74) is 4.75. The molecule has 1 aromatic carbocycles. The van der Waals surface area contributed by atoms with E-state index in [4.69, 9.17) is 0 Å². The lowest BCUT2D eigenvalue weighted by atomic mass is 10.2. The van der Waals surface area contributed by atoms with Crippen molar-refractivity contribution in [3.8, 4) is 0 Å². The number of imidazole rings is 1. The van der Waals surface area contributed by atoms with Gasteiger partial charge in [0.15, 0.2) is 0 Å². The molecule has 0 bridgehead atoms. The van der Waals surface area contributed by atoms with Crippen LogP contribution in [-0.4, -0.2) is 19.9 Å². The third-order valence-electron chi connectivity index (χ3n) is 2.22. The molecule has 0 fully saturated rings. The van der Waals surface area contributed by atoms with Crippen LogP contribution in [0.15, 0.2) is 24.7 Å². The number of aryl methyl sites for hydroxylation is 1. The predicted molar refractivity (Wildman–Crippen MR) is 53.9 cm³/mol. The van der Waals surface area contributed by atoms with E-state index in [2.05, 4.69) is 19.9 Å². The van der Waals surface area contributed by atoms with Gasteiger partial charge in [-0.15, -0.1) is 0 Å². The summed E-state index contributed by atoms with van der Waals surface area (Å²) in [4.78, 5) is 15.8. The predicted octanol–water partition coefficient (Wildman–Crippen LogP) is 1.81. The Hall–Kier alpha value is -1.97. The number of rotatable bonds is 0. The fourth-order valence-corrected chi connectivity index (χ4v) is 1.54. The van der Waals surface area contributed by atoms with E-state index in [0.717, 1.165) is 27.8 Å². The minimum Gasteiger partial charge on any atom is -0.356 e. The number of fused-ring (bicyclic) bond motifs is 2. The van der Waals surface area contributed by atoms with Crippen LogP contribution in [0.3, 0.4) is 0 Å². The Bertz CT molecular complexity index is 612. The number of aromatic amines is 1. The summed E-state index contributed by atoms with van der Waals surface area (Å²) >= 11 is 0. The van der Waals surface area contributed by atoms with Crippen LogP contribution in [0, 0.1) is 6.92 Å². The van der Waals surface area contributed by atoms with Gasteiger partial charge in [-0.05, 0) is 19.1 Å². The van der Waals surface area contributed by atoms with E-state index in [0.29, 0.717) is 0 Å². The van der Waals surface area contributed by atoms with Gasteiger partial charge in [-0.1, -0.05) is 0 Å². The summed E-state index contributed by atoms with van der Waals surface area (Å²) in [6.45, 7) is 1.98. The summed E-state index contributed by atoms with van der Waals surface area (Å²) in [6.07, 6.45) is 3.38. The van der Waals surface area contributed by atoms with Gasteiger partial charge in [0.25, 0.3) is 0 Å². The van der Waals surface area contributed by atoms with Crippen molar-refractivity contribution in [1.82, 2.24) is 19.9 Å². The Kier molecular flexibility index (Phi) is 1.33. The smallest absolute Gasteiger partial charge is 0.116 e. The summed E-state index contributed by atoms with van der Waals surface area (Å²) in [6, 6.07) is 3.91. The van der Waals surface area contributed by atoms with E-state index >= 15 is 0 Å². The Morgan fingerprint density at radius 1 is 1.00 bits per heavy atom. The molecule has 0 atom stereocenters. The van der Waals surface area contributed by atoms with Crippen molar-refractivity contribution in [2.75, 3.05) is 0 Å². The highest BCUT2D eigenvalue weighted by Crippen LogP contribution is 2.16. The van der Waals surface area contributed by atoms with Gasteiger partial charge in [0, 0.05) is 11.9 Å². The van der Waals surface area contributed by atoms with Gasteiger partial charge in [0.05, 0.1) is 22.1 Å². The number of hydrogen-bond acceptors (Lipinski definition) is 3. The molecule has 0 radical (unpaired) electrons. The maximum Gasteiger partial charge on any atom is 0.116 e. The van der Waals surface area contributed by atoms with Gasteiger partial charge in [-0.2, -0.15) is 0 Å². The second-order valence-electron chi connectivity index (χ2n) is 3.30. The molecule has 2 heterocycles. The third kappa shape index (κ3) is 0.970. The molecular weight excluding hydrogens is 176 g/mol. The van der Waals surface area contributed by atoms with Crippen LogP contribution < -0.4 is 0 Å². The van der Waals surface area contributed by atoms with Crippen molar-refractivity contribution in [2.24, 2.45) is 0 Å². The quantitative estimate of drug-likeness (QED) is 0.579. The molecule has 1 N–H and O–H groups in total. The molecule has 0 aliphatic rings. The normalized spacial score (nSPS) is 11.2. The van der Waals surface area contributed by atoms with Crippen LogP contribution >= 0.6 is 0 Å². The van der Waals surface area contributed by atoms with Gasteiger partial charge in [0.2, 0.25) is 0 Å². The van der Waals surface area contributed by atoms with E-state index < -0.39 is 0 Å². The number of aromatic nitrogens is 4. The van der Waals surface area contributed by atoms with E-state index in [1.807, 2.05) is 25.3 Å². The van der Waals surface area contributed by atoms with Crippen LogP contribution in [0.5, 0.6) is 0 Å². The minimum absolute atomic E-state index is 0.891. The maximum atomic E-state index is 4.31. The summed E-state index contributed by atoms with van der Waals surface area (Å²) in [5.74, 6) is 0. The molecule has 4 heteroatoms. The number of hydrogen-bond donors (Lipinski definition) is 1. The zero-order chi connectivity index (χ0) is 9.54. The molecule has 0 aliphatic heterocycles. The lowest BCUT2D eigenvalue weighted by Gasteiger charge is -1.99. The van der Waals surface area contributed by atoms with Crippen LogP contribution in [0.1, 0.15) is 5.69 Å². The molecule has 3 aromatic rings. The third-order valence-corrected chi connectivity index (χ3v) is 2.22. The first-order valence-corrected chi connectivity index (χ1v) is 4.39. The van der Waals surface area contributed by atoms with Crippen molar-refractivity contribution >= 4 is 22.1 Å². The fraction of sp³-hybridized carbons (Fsp3) is 0.100. The number of benzene rings is 1. The van der Waals surface area contributed by atoms with Crippen LogP contribution in [0.2, 0.25) is 0 Å². The average molecular weight is 184 g/mol. The highest BCUT2D eigenvalue weighted by molar-refractivity contribution is 5.90. The highest BCUT2D eigenvalue weighted by atomic mass is 14.9. The van der Waals surface area contributed by atoms with Crippen molar-refractivity contribution in [2.45, 2.75) is 6.92 Å². The number of nitrogens with one attached hydrogen (secondary N) is 1. The van der Waals surface area contributed by atoms with Gasteiger partial charge < -0.3 is 4.98 Å². The molecule has 0 saturated heterocycles. The van der Waals surface area contributed by atoms with Crippen molar-refractivity contribution in [3.63, 3.8) is 0 Å². The van der Waals surface area contributed by atoms with E-state index in [1.54, 1.807) is 6.33 Å². The SMILES string of the molecule is Cc1cnc2cc3ncnc3cc2[nH]1. The second kappa shape index (κ2) is 2.51. The summed E-state index contributed by atoms with van der Waals surface area (Å²) in [5, 5.41) is 0. The fourth-order valence-electron chi connectivity index (χ4n) is 1.54. The lowest BCUT2D eigenvalue weighted by molar-refractivity contribution is 1.19. The molecule has 14 heavy (non-hydrogen) atoms. The minimum atomic E-state index is 0.891. The summed E-state index contributed by atoms with van der Waals surface area (Å²) in [7, 11) is 0. The molecule has 0 unspecified atom stereocenters. The molecule has 68 valence electrons. The Morgan fingerprint density at radius 3 is 2.64 bits per heavy atom. The largest absolute Gasteiger partial charge is 0.356 e. The van der Waals surface area contributed by atoms with Crippen LogP contribution in [0.4, 0.5) is 0 Å². The van der Waals surface area contributed by atoms with E-state index in [9.17, 15) is 0 Å². The molecule has 2 aromatic heterocycles. The van der Waals surface area contributed by atoms with Gasteiger partial charge in [0.1, 0.15) is 6.33 Å². The Morgan fingerprint density at radius 2 is 1.79 bits per heavy atom. The van der Waals surface area contributed by atoms with Gasteiger partial charge in [-0.25, -0.2) is 9.97 Å². The first kappa shape index (κ1) is 7.44. The number of nitrogens with zero attached hydrogens (tertiary/aromatic N) is 3. The summed E-state index contributed by atoms with van der Waals surface area (Å²) < 4.78 is 0. The van der Waals surface area contributed by atoms with E-state index in [1.165, 1.54) is 0 Å². The Labute approximate surface area is 80.0 Å².